The van der Waals surface area contributed by atoms with E-state index < -0.39 is 62.9 Å². The van der Waals surface area contributed by atoms with Crippen LogP contribution in [-0.2, 0) is 34.0 Å². The molecule has 0 spiro atoms. The molecule has 3 aliphatic carbocycles. The van der Waals surface area contributed by atoms with Crippen molar-refractivity contribution in [2.24, 2.45) is 17.0 Å². The van der Waals surface area contributed by atoms with E-state index in [-0.39, 0.29) is 25.0 Å². The van der Waals surface area contributed by atoms with Gasteiger partial charge in [-0.25, -0.2) is 23.6 Å². The number of ether oxygens (including phenoxy) is 1. The number of carbonyl (C=O) groups is 4. The first-order chi connectivity index (χ1) is 23.1. The number of nitrogens with zero attached hydrogens (tertiary/aromatic N) is 2. The zero-order valence-electron chi connectivity index (χ0n) is 27.7. The highest BCUT2D eigenvalue weighted by Gasteiger charge is 2.61. The minimum absolute atomic E-state index is 0.00244. The molecule has 0 saturated heterocycles. The van der Waals surface area contributed by atoms with Crippen LogP contribution in [0.3, 0.4) is 0 Å². The lowest BCUT2D eigenvalue weighted by Gasteiger charge is -2.28. The topological polar surface area (TPSA) is 173 Å². The number of allylic oxidation sites excluding steroid dienone is 1. The molecular formula is C35H39N5O8S. The summed E-state index contributed by atoms with van der Waals surface area (Å²) in [6.45, 7) is 5.19. The largest absolute Gasteiger partial charge is 0.443 e. The predicted molar refractivity (Wildman–Crippen MR) is 180 cm³/mol. The van der Waals surface area contributed by atoms with E-state index in [0.717, 1.165) is 33.5 Å². The predicted octanol–water partition coefficient (Wildman–Crippen LogP) is 3.32. The van der Waals surface area contributed by atoms with Gasteiger partial charge in [0.1, 0.15) is 23.0 Å². The van der Waals surface area contributed by atoms with Crippen molar-refractivity contribution in [2.45, 2.75) is 63.7 Å². The summed E-state index contributed by atoms with van der Waals surface area (Å²) >= 11 is 0. The molecule has 0 radical (unpaired) electrons. The summed E-state index contributed by atoms with van der Waals surface area (Å²) in [5.74, 6) is -3.73. The van der Waals surface area contributed by atoms with Gasteiger partial charge in [0, 0.05) is 35.6 Å². The molecule has 1 aliphatic heterocycles. The van der Waals surface area contributed by atoms with Gasteiger partial charge in [0.2, 0.25) is 15.9 Å². The van der Waals surface area contributed by atoms with Gasteiger partial charge in [-0.3, -0.25) is 19.1 Å². The van der Waals surface area contributed by atoms with E-state index in [0.29, 0.717) is 18.6 Å². The van der Waals surface area contributed by atoms with Crippen LogP contribution in [-0.4, -0.2) is 73.0 Å². The van der Waals surface area contributed by atoms with E-state index in [9.17, 15) is 27.6 Å². The number of rotatable bonds is 5. The van der Waals surface area contributed by atoms with Crippen LogP contribution in [0, 0.1) is 11.8 Å². The van der Waals surface area contributed by atoms with Gasteiger partial charge >= 0.3 is 6.09 Å². The highest BCUT2D eigenvalue weighted by atomic mass is 32.2. The number of nitrogens with one attached hydrogen (secondary N) is 3. The molecule has 3 N–H and O–H groups in total. The number of sulfonamides is 1. The molecule has 0 unspecified atom stereocenters. The molecule has 0 bridgehead atoms. The lowest BCUT2D eigenvalue weighted by molar-refractivity contribution is -0.134. The average Bonchev–Trinajstić information content (AvgIpc) is 3.39. The zero-order valence-corrected chi connectivity index (χ0v) is 28.5. The van der Waals surface area contributed by atoms with Crippen LogP contribution >= 0.6 is 0 Å². The number of hydrogen-bond acceptors (Lipinski definition) is 9. The van der Waals surface area contributed by atoms with Gasteiger partial charge in [0.05, 0.1) is 12.2 Å². The molecule has 6 rings (SSSR count). The van der Waals surface area contributed by atoms with Crippen molar-refractivity contribution in [3.05, 3.63) is 83.5 Å². The molecule has 1 heterocycles. The highest BCUT2D eigenvalue weighted by Crippen LogP contribution is 2.46. The van der Waals surface area contributed by atoms with Crippen molar-refractivity contribution in [3.63, 3.8) is 0 Å². The molecule has 13 nitrogen and oxygen atoms in total. The van der Waals surface area contributed by atoms with Crippen molar-refractivity contribution in [2.75, 3.05) is 12.8 Å². The van der Waals surface area contributed by atoms with Crippen LogP contribution in [0.25, 0.3) is 11.1 Å². The Bertz CT molecular complexity index is 1870. The van der Waals surface area contributed by atoms with Crippen LogP contribution < -0.4 is 15.5 Å². The second kappa shape index (κ2) is 12.8. The van der Waals surface area contributed by atoms with Gasteiger partial charge in [-0.2, -0.15) is 0 Å². The maximum Gasteiger partial charge on any atom is 0.426 e. The molecule has 0 aromatic heterocycles. The van der Waals surface area contributed by atoms with Crippen molar-refractivity contribution in [3.8, 4) is 11.1 Å². The lowest BCUT2D eigenvalue weighted by atomic mass is 9.98. The summed E-state index contributed by atoms with van der Waals surface area (Å²) in [5.41, 5.74) is 4.61. The van der Waals surface area contributed by atoms with Crippen LogP contribution in [0.2, 0.25) is 0 Å². The summed E-state index contributed by atoms with van der Waals surface area (Å²) in [4.78, 5) is 60.2. The van der Waals surface area contributed by atoms with Crippen LogP contribution in [0.1, 0.15) is 57.6 Å². The lowest BCUT2D eigenvalue weighted by Crippen LogP contribution is -2.54. The Balaban J connectivity index is 1.32. The minimum Gasteiger partial charge on any atom is -0.443 e. The van der Waals surface area contributed by atoms with Crippen molar-refractivity contribution in [1.82, 2.24) is 20.5 Å². The van der Waals surface area contributed by atoms with E-state index in [1.54, 1.807) is 26.8 Å². The van der Waals surface area contributed by atoms with Crippen molar-refractivity contribution in [1.29, 1.82) is 0 Å². The Morgan fingerprint density at radius 3 is 2.27 bits per heavy atom. The molecular weight excluding hydrogens is 650 g/mol. The first-order valence-corrected chi connectivity index (χ1v) is 18.0. The Hall–Kier alpha value is -4.98. The fourth-order valence-corrected chi connectivity index (χ4v) is 6.97. The first-order valence-electron chi connectivity index (χ1n) is 16.1. The van der Waals surface area contributed by atoms with E-state index in [4.69, 9.17) is 9.57 Å². The van der Waals surface area contributed by atoms with Gasteiger partial charge in [-0.1, -0.05) is 65.8 Å². The highest BCUT2D eigenvalue weighted by molar-refractivity contribution is 7.89. The number of hydrazine groups is 1. The number of oxime groups is 1. The first kappa shape index (κ1) is 33.9. The molecule has 1 saturated carbocycles. The van der Waals surface area contributed by atoms with Gasteiger partial charge in [0.25, 0.3) is 11.8 Å². The van der Waals surface area contributed by atoms with Crippen LogP contribution in [0.15, 0.2) is 77.5 Å². The summed E-state index contributed by atoms with van der Waals surface area (Å²) in [6.07, 6.45) is 5.38. The molecule has 2 aromatic carbocycles. The van der Waals surface area contributed by atoms with Gasteiger partial charge in [-0.05, 0) is 57.2 Å². The summed E-state index contributed by atoms with van der Waals surface area (Å²) in [5, 5.41) is 8.41. The summed E-state index contributed by atoms with van der Waals surface area (Å²) < 4.78 is 31.3. The van der Waals surface area contributed by atoms with E-state index >= 15 is 0 Å². The summed E-state index contributed by atoms with van der Waals surface area (Å²) in [6, 6.07) is 15.6. The smallest absolute Gasteiger partial charge is 0.426 e. The zero-order chi connectivity index (χ0) is 35.1. The van der Waals surface area contributed by atoms with Gasteiger partial charge in [-0.15, -0.1) is 0 Å². The third-order valence-corrected chi connectivity index (χ3v) is 9.30. The fraction of sp³-hybridized carbons (Fsp3) is 0.400. The summed E-state index contributed by atoms with van der Waals surface area (Å²) in [7, 11) is -3.92. The molecule has 258 valence electrons. The number of hydrogen-bond donors (Lipinski definition) is 3. The molecule has 2 aromatic rings. The van der Waals surface area contributed by atoms with Gasteiger partial charge < -0.3 is 14.9 Å². The van der Waals surface area contributed by atoms with Crippen LogP contribution in [0.4, 0.5) is 4.79 Å². The van der Waals surface area contributed by atoms with E-state index in [2.05, 4.69) is 15.9 Å². The Kier molecular flexibility index (Phi) is 8.86. The van der Waals surface area contributed by atoms with Crippen molar-refractivity contribution >= 4 is 39.5 Å². The number of fused-ring (bicyclic) bond motifs is 5. The second-order valence-electron chi connectivity index (χ2n) is 13.7. The number of benzene rings is 2. The maximum atomic E-state index is 14.1. The van der Waals surface area contributed by atoms with Gasteiger partial charge in [0.15, 0.2) is 0 Å². The molecule has 4 aliphatic rings. The third-order valence-electron chi connectivity index (χ3n) is 8.74. The second-order valence-corrected chi connectivity index (χ2v) is 15.4. The third kappa shape index (κ3) is 7.24. The SMILES string of the molecule is CC(C)(C)OC(=O)NN1CCC/C=C\[C@H]2C[C@@]2(C(=O)NS(C)(=O)=O)NC(=O)[C@@H]2C[C@@H](ON=C3c4ccccc4-c4ccccc43)C=C2C1=O. The number of carbonyl (C=O) groups excluding carboxylic acids is 4. The molecule has 4 amide bonds. The minimum atomic E-state index is -3.92. The molecule has 49 heavy (non-hydrogen) atoms. The average molecular weight is 690 g/mol. The Labute approximate surface area is 284 Å². The fourth-order valence-electron chi connectivity index (χ4n) is 6.45. The maximum absolute atomic E-state index is 14.1. The van der Waals surface area contributed by atoms with E-state index in [1.165, 1.54) is 6.08 Å². The molecule has 4 atom stereocenters. The molecule has 14 heteroatoms. The van der Waals surface area contributed by atoms with Crippen molar-refractivity contribution < 1.29 is 37.2 Å². The number of amides is 4. The normalized spacial score (nSPS) is 25.4. The monoisotopic (exact) mass is 689 g/mol. The van der Waals surface area contributed by atoms with E-state index in [1.807, 2.05) is 59.3 Å². The Morgan fingerprint density at radius 1 is 1.02 bits per heavy atom. The quantitative estimate of drug-likeness (QED) is 0.270. The Morgan fingerprint density at radius 2 is 1.65 bits per heavy atom. The standard InChI is InChI=1S/C35H39N5O8S/c1-34(2,3)47-33(44)37-40-17-11-5-6-12-21-20-35(21,32(43)39-49(4,45)46)36-30(41)27-18-22(19-28(27)31(40)42)48-38-29-25-15-9-7-13-23(25)24-14-8-10-16-26(24)29/h6-10,12-16,19,21-22,27H,5,11,17-18,20H2,1-4H3,(H,36,41)(H,37,44)(H,39,43)/b12-6-/t21-,22+,27+,35+/m0/s1. The molecule has 1 fully saturated rings. The van der Waals surface area contributed by atoms with Crippen LogP contribution in [0.5, 0.6) is 0 Å².